The summed E-state index contributed by atoms with van der Waals surface area (Å²) in [5, 5.41) is 7.82. The minimum absolute atomic E-state index is 0.227. The van der Waals surface area contributed by atoms with E-state index in [1.165, 1.54) is 12.1 Å². The molecule has 3 nitrogen and oxygen atoms in total. The highest BCUT2D eigenvalue weighted by Crippen LogP contribution is 2.22. The lowest BCUT2D eigenvalue weighted by Crippen LogP contribution is -1.92. The number of rotatable bonds is 1. The molecular formula is C12H7F2N3. The van der Waals surface area contributed by atoms with Crippen molar-refractivity contribution in [1.29, 1.82) is 0 Å². The first-order valence-electron chi connectivity index (χ1n) is 5.01. The van der Waals surface area contributed by atoms with Gasteiger partial charge in [-0.3, -0.25) is 4.40 Å². The second-order valence-electron chi connectivity index (χ2n) is 3.58. The summed E-state index contributed by atoms with van der Waals surface area (Å²) in [6.07, 6.45) is 1.73. The van der Waals surface area contributed by atoms with Crippen LogP contribution in [0.25, 0.3) is 17.0 Å². The fourth-order valence-electron chi connectivity index (χ4n) is 1.70. The lowest BCUT2D eigenvalue weighted by molar-refractivity contribution is 0.584. The number of hydrogen-bond acceptors (Lipinski definition) is 2. The third kappa shape index (κ3) is 1.56. The van der Waals surface area contributed by atoms with E-state index in [0.717, 1.165) is 6.07 Å². The van der Waals surface area contributed by atoms with E-state index in [1.54, 1.807) is 22.7 Å². The van der Waals surface area contributed by atoms with E-state index < -0.39 is 11.6 Å². The summed E-state index contributed by atoms with van der Waals surface area (Å²) in [6, 6.07) is 8.75. The van der Waals surface area contributed by atoms with Crippen LogP contribution in [0.3, 0.4) is 0 Å². The molecule has 0 radical (unpaired) electrons. The molecule has 2 aromatic heterocycles. The van der Waals surface area contributed by atoms with Gasteiger partial charge >= 0.3 is 0 Å². The van der Waals surface area contributed by atoms with Crippen molar-refractivity contribution in [2.75, 3.05) is 0 Å². The Balaban J connectivity index is 2.27. The second kappa shape index (κ2) is 3.62. The summed E-state index contributed by atoms with van der Waals surface area (Å²) < 4.78 is 28.1. The van der Waals surface area contributed by atoms with Gasteiger partial charge in [-0.25, -0.2) is 8.78 Å². The van der Waals surface area contributed by atoms with E-state index in [4.69, 9.17) is 0 Å². The molecule has 0 unspecified atom stereocenters. The van der Waals surface area contributed by atoms with Crippen molar-refractivity contribution >= 4 is 5.65 Å². The Bertz CT molecular complexity index is 691. The van der Waals surface area contributed by atoms with E-state index in [-0.39, 0.29) is 5.56 Å². The standard InChI is InChI=1S/C12H7F2N3/c13-8-4-5-9(10(14)7-8)12-16-15-11-3-1-2-6-17(11)12/h1-7H. The largest absolute Gasteiger partial charge is 0.282 e. The predicted octanol–water partition coefficient (Wildman–Crippen LogP) is 2.67. The molecule has 5 heteroatoms. The third-order valence-electron chi connectivity index (χ3n) is 2.49. The highest BCUT2D eigenvalue weighted by Gasteiger charge is 2.12. The number of fused-ring (bicyclic) bond motifs is 1. The zero-order valence-electron chi connectivity index (χ0n) is 8.64. The molecule has 0 fully saturated rings. The van der Waals surface area contributed by atoms with Crippen LogP contribution in [-0.2, 0) is 0 Å². The minimum Gasteiger partial charge on any atom is -0.282 e. The molecule has 1 aromatic carbocycles. The Morgan fingerprint density at radius 3 is 2.71 bits per heavy atom. The van der Waals surface area contributed by atoms with Gasteiger partial charge in [-0.1, -0.05) is 6.07 Å². The van der Waals surface area contributed by atoms with Crippen LogP contribution in [0, 0.1) is 11.6 Å². The Hall–Kier alpha value is -2.30. The van der Waals surface area contributed by atoms with Crippen molar-refractivity contribution in [3.8, 4) is 11.4 Å². The Morgan fingerprint density at radius 2 is 1.88 bits per heavy atom. The van der Waals surface area contributed by atoms with Gasteiger partial charge in [0.15, 0.2) is 11.5 Å². The molecule has 3 aromatic rings. The van der Waals surface area contributed by atoms with E-state index in [9.17, 15) is 8.78 Å². The first-order chi connectivity index (χ1) is 8.25. The van der Waals surface area contributed by atoms with Crippen molar-refractivity contribution in [2.45, 2.75) is 0 Å². The third-order valence-corrected chi connectivity index (χ3v) is 2.49. The average Bonchev–Trinajstić information content (AvgIpc) is 2.73. The lowest BCUT2D eigenvalue weighted by atomic mass is 10.2. The molecule has 0 bridgehead atoms. The molecule has 3 rings (SSSR count). The van der Waals surface area contributed by atoms with Crippen LogP contribution in [-0.4, -0.2) is 14.6 Å². The normalized spacial score (nSPS) is 10.9. The minimum atomic E-state index is -0.650. The number of benzene rings is 1. The van der Waals surface area contributed by atoms with Crippen LogP contribution in [0.15, 0.2) is 42.6 Å². The summed E-state index contributed by atoms with van der Waals surface area (Å²) in [6.45, 7) is 0. The maximum Gasteiger partial charge on any atom is 0.171 e. The van der Waals surface area contributed by atoms with Gasteiger partial charge in [-0.15, -0.1) is 10.2 Å². The van der Waals surface area contributed by atoms with E-state index in [0.29, 0.717) is 11.5 Å². The molecule has 0 N–H and O–H groups in total. The summed E-state index contributed by atoms with van der Waals surface area (Å²) >= 11 is 0. The van der Waals surface area contributed by atoms with Crippen LogP contribution < -0.4 is 0 Å². The van der Waals surface area contributed by atoms with Gasteiger partial charge < -0.3 is 0 Å². The number of aromatic nitrogens is 3. The zero-order valence-corrected chi connectivity index (χ0v) is 8.64. The molecule has 0 saturated carbocycles. The van der Waals surface area contributed by atoms with Gasteiger partial charge in [-0.2, -0.15) is 0 Å². The van der Waals surface area contributed by atoms with Crippen molar-refractivity contribution in [2.24, 2.45) is 0 Å². The molecule has 17 heavy (non-hydrogen) atoms. The molecule has 0 spiro atoms. The van der Waals surface area contributed by atoms with E-state index >= 15 is 0 Å². The number of pyridine rings is 1. The molecular weight excluding hydrogens is 224 g/mol. The van der Waals surface area contributed by atoms with Crippen LogP contribution >= 0.6 is 0 Å². The molecule has 0 aliphatic rings. The van der Waals surface area contributed by atoms with Gasteiger partial charge in [0, 0.05) is 12.3 Å². The number of nitrogens with zero attached hydrogens (tertiary/aromatic N) is 3. The monoisotopic (exact) mass is 231 g/mol. The Kier molecular flexibility index (Phi) is 2.11. The highest BCUT2D eigenvalue weighted by molar-refractivity contribution is 5.59. The van der Waals surface area contributed by atoms with Crippen LogP contribution in [0.2, 0.25) is 0 Å². The van der Waals surface area contributed by atoms with Crippen LogP contribution in [0.5, 0.6) is 0 Å². The number of halogens is 2. The lowest BCUT2D eigenvalue weighted by Gasteiger charge is -2.01. The molecule has 0 saturated heterocycles. The molecule has 0 atom stereocenters. The maximum absolute atomic E-state index is 13.6. The number of hydrogen-bond donors (Lipinski definition) is 0. The molecule has 2 heterocycles. The van der Waals surface area contributed by atoms with E-state index in [1.807, 2.05) is 6.07 Å². The SMILES string of the molecule is Fc1ccc(-c2nnc3ccccn23)c(F)c1. The van der Waals surface area contributed by atoms with Crippen LogP contribution in [0.1, 0.15) is 0 Å². The zero-order chi connectivity index (χ0) is 11.8. The van der Waals surface area contributed by atoms with Gasteiger partial charge in [-0.05, 0) is 24.3 Å². The van der Waals surface area contributed by atoms with Crippen molar-refractivity contribution in [1.82, 2.24) is 14.6 Å². The molecule has 0 amide bonds. The average molecular weight is 231 g/mol. The summed E-state index contributed by atoms with van der Waals surface area (Å²) in [4.78, 5) is 0. The van der Waals surface area contributed by atoms with Gasteiger partial charge in [0.2, 0.25) is 0 Å². The highest BCUT2D eigenvalue weighted by atomic mass is 19.1. The molecule has 0 aliphatic heterocycles. The fourth-order valence-corrected chi connectivity index (χ4v) is 1.70. The second-order valence-corrected chi connectivity index (χ2v) is 3.58. The quantitative estimate of drug-likeness (QED) is 0.644. The smallest absolute Gasteiger partial charge is 0.171 e. The van der Waals surface area contributed by atoms with Crippen molar-refractivity contribution < 1.29 is 8.78 Å². The summed E-state index contributed by atoms with van der Waals surface area (Å²) in [5.74, 6) is -0.902. The first-order valence-corrected chi connectivity index (χ1v) is 5.01. The molecule has 0 aliphatic carbocycles. The first kappa shape index (κ1) is 9.89. The van der Waals surface area contributed by atoms with Gasteiger partial charge in [0.1, 0.15) is 11.6 Å². The Morgan fingerprint density at radius 1 is 1.00 bits per heavy atom. The van der Waals surface area contributed by atoms with Crippen molar-refractivity contribution in [3.05, 3.63) is 54.2 Å². The van der Waals surface area contributed by atoms with Gasteiger partial charge in [0.25, 0.3) is 0 Å². The topological polar surface area (TPSA) is 30.2 Å². The van der Waals surface area contributed by atoms with Gasteiger partial charge in [0.05, 0.1) is 5.56 Å². The van der Waals surface area contributed by atoms with Crippen LogP contribution in [0.4, 0.5) is 8.78 Å². The van der Waals surface area contributed by atoms with Crippen molar-refractivity contribution in [3.63, 3.8) is 0 Å². The van der Waals surface area contributed by atoms with E-state index in [2.05, 4.69) is 10.2 Å². The molecule has 84 valence electrons. The maximum atomic E-state index is 13.6. The fraction of sp³-hybridized carbons (Fsp3) is 0. The predicted molar refractivity (Wildman–Crippen MR) is 58.3 cm³/mol. The summed E-state index contributed by atoms with van der Waals surface area (Å²) in [5.41, 5.74) is 0.844. The Labute approximate surface area is 95.3 Å². The summed E-state index contributed by atoms with van der Waals surface area (Å²) in [7, 11) is 0.